The molecule has 2 unspecified atom stereocenters. The molecule has 3 N–H and O–H groups in total. The summed E-state index contributed by atoms with van der Waals surface area (Å²) in [4.78, 5) is 23.1. The summed E-state index contributed by atoms with van der Waals surface area (Å²) in [6.45, 7) is 2.22. The first-order chi connectivity index (χ1) is 9.49. The van der Waals surface area contributed by atoms with Crippen LogP contribution in [0, 0.1) is 5.92 Å². The highest BCUT2D eigenvalue weighted by Gasteiger charge is 2.37. The molecule has 0 bridgehead atoms. The summed E-state index contributed by atoms with van der Waals surface area (Å²) >= 11 is 0. The normalized spacial score (nSPS) is 28.9. The van der Waals surface area contributed by atoms with Crippen LogP contribution in [0.5, 0.6) is 0 Å². The van der Waals surface area contributed by atoms with Crippen molar-refractivity contribution < 1.29 is 14.7 Å². The molecule has 2 aliphatic carbocycles. The Hall–Kier alpha value is -1.26. The summed E-state index contributed by atoms with van der Waals surface area (Å²) in [5, 5.41) is 15.0. The van der Waals surface area contributed by atoms with Crippen molar-refractivity contribution in [3.05, 3.63) is 0 Å². The maximum absolute atomic E-state index is 12.1. The zero-order valence-corrected chi connectivity index (χ0v) is 12.3. The number of nitrogens with one attached hydrogen (secondary N) is 2. The van der Waals surface area contributed by atoms with Gasteiger partial charge in [-0.25, -0.2) is 4.79 Å². The van der Waals surface area contributed by atoms with Gasteiger partial charge in [0.2, 0.25) is 0 Å². The van der Waals surface area contributed by atoms with Gasteiger partial charge < -0.3 is 15.7 Å². The number of carbonyl (C=O) groups excluding carboxylic acids is 1. The number of aliphatic carboxylic acids is 1. The second-order valence-corrected chi connectivity index (χ2v) is 6.63. The smallest absolute Gasteiger partial charge is 0.315 e. The molecule has 2 fully saturated rings. The van der Waals surface area contributed by atoms with E-state index in [1.54, 1.807) is 0 Å². The second kappa shape index (κ2) is 6.46. The van der Waals surface area contributed by atoms with E-state index >= 15 is 0 Å². The number of urea groups is 1. The van der Waals surface area contributed by atoms with E-state index < -0.39 is 11.5 Å². The Morgan fingerprint density at radius 1 is 1.20 bits per heavy atom. The summed E-state index contributed by atoms with van der Waals surface area (Å²) < 4.78 is 0. The first-order valence-corrected chi connectivity index (χ1v) is 7.80. The highest BCUT2D eigenvalue weighted by atomic mass is 16.4. The third-order valence-corrected chi connectivity index (χ3v) is 4.70. The van der Waals surface area contributed by atoms with Gasteiger partial charge in [-0.15, -0.1) is 0 Å². The number of carboxylic acids is 1. The SMILES string of the molecule is CC1CCCC(NC(=O)NC2(CC(=O)O)CCCC2)C1. The van der Waals surface area contributed by atoms with Gasteiger partial charge in [-0.2, -0.15) is 0 Å². The molecule has 0 aliphatic heterocycles. The molecule has 2 aliphatic rings. The lowest BCUT2D eigenvalue weighted by Crippen LogP contribution is -2.54. The number of carbonyl (C=O) groups is 2. The van der Waals surface area contributed by atoms with Gasteiger partial charge in [0, 0.05) is 6.04 Å². The predicted molar refractivity (Wildman–Crippen MR) is 76.5 cm³/mol. The average molecular weight is 282 g/mol. The van der Waals surface area contributed by atoms with Gasteiger partial charge in [0.1, 0.15) is 0 Å². The Morgan fingerprint density at radius 3 is 2.50 bits per heavy atom. The molecule has 20 heavy (non-hydrogen) atoms. The van der Waals surface area contributed by atoms with Crippen LogP contribution < -0.4 is 10.6 Å². The molecule has 114 valence electrons. The molecule has 0 aromatic rings. The summed E-state index contributed by atoms with van der Waals surface area (Å²) in [7, 11) is 0. The fourth-order valence-corrected chi connectivity index (χ4v) is 3.71. The van der Waals surface area contributed by atoms with E-state index in [0.29, 0.717) is 5.92 Å². The molecular weight excluding hydrogens is 256 g/mol. The van der Waals surface area contributed by atoms with Crippen LogP contribution in [0.25, 0.3) is 0 Å². The van der Waals surface area contributed by atoms with Gasteiger partial charge >= 0.3 is 12.0 Å². The minimum atomic E-state index is -0.835. The molecule has 0 radical (unpaired) electrons. The minimum absolute atomic E-state index is 0.0293. The number of hydrogen-bond acceptors (Lipinski definition) is 2. The number of carboxylic acid groups (broad SMARTS) is 1. The van der Waals surface area contributed by atoms with Gasteiger partial charge in [-0.3, -0.25) is 4.79 Å². The van der Waals surface area contributed by atoms with E-state index in [-0.39, 0.29) is 18.5 Å². The van der Waals surface area contributed by atoms with E-state index in [4.69, 9.17) is 5.11 Å². The van der Waals surface area contributed by atoms with Crippen molar-refractivity contribution in [1.29, 1.82) is 0 Å². The van der Waals surface area contributed by atoms with Crippen LogP contribution in [-0.2, 0) is 4.79 Å². The summed E-state index contributed by atoms with van der Waals surface area (Å²) in [5.74, 6) is -0.174. The Balaban J connectivity index is 1.86. The third-order valence-electron chi connectivity index (χ3n) is 4.70. The molecule has 0 aromatic heterocycles. The molecule has 5 nitrogen and oxygen atoms in total. The lowest BCUT2D eigenvalue weighted by molar-refractivity contribution is -0.138. The van der Waals surface area contributed by atoms with E-state index in [2.05, 4.69) is 17.6 Å². The monoisotopic (exact) mass is 282 g/mol. The van der Waals surface area contributed by atoms with Crippen LogP contribution >= 0.6 is 0 Å². The molecule has 2 saturated carbocycles. The van der Waals surface area contributed by atoms with Gasteiger partial charge in [-0.1, -0.05) is 32.6 Å². The molecule has 2 amide bonds. The molecule has 0 saturated heterocycles. The number of amides is 2. The third kappa shape index (κ3) is 4.12. The van der Waals surface area contributed by atoms with Crippen LogP contribution in [0.2, 0.25) is 0 Å². The van der Waals surface area contributed by atoms with Crippen LogP contribution in [0.3, 0.4) is 0 Å². The van der Waals surface area contributed by atoms with Crippen molar-refractivity contribution >= 4 is 12.0 Å². The zero-order valence-electron chi connectivity index (χ0n) is 12.3. The van der Waals surface area contributed by atoms with Gasteiger partial charge in [0.25, 0.3) is 0 Å². The van der Waals surface area contributed by atoms with Crippen molar-refractivity contribution in [3.63, 3.8) is 0 Å². The molecule has 0 aromatic carbocycles. The van der Waals surface area contributed by atoms with Crippen molar-refractivity contribution in [2.75, 3.05) is 0 Å². The molecule has 5 heteroatoms. The number of rotatable bonds is 4. The topological polar surface area (TPSA) is 78.4 Å². The Labute approximate surface area is 120 Å². The van der Waals surface area contributed by atoms with Crippen LogP contribution in [-0.4, -0.2) is 28.7 Å². The second-order valence-electron chi connectivity index (χ2n) is 6.63. The Morgan fingerprint density at radius 2 is 1.90 bits per heavy atom. The Kier molecular flexibility index (Phi) is 4.89. The van der Waals surface area contributed by atoms with E-state index in [1.807, 2.05) is 0 Å². The van der Waals surface area contributed by atoms with E-state index in [9.17, 15) is 9.59 Å². The lowest BCUT2D eigenvalue weighted by Gasteiger charge is -2.32. The lowest BCUT2D eigenvalue weighted by atomic mass is 9.87. The van der Waals surface area contributed by atoms with Crippen molar-refractivity contribution in [2.24, 2.45) is 5.92 Å². The maximum atomic E-state index is 12.1. The van der Waals surface area contributed by atoms with Crippen molar-refractivity contribution in [1.82, 2.24) is 10.6 Å². The summed E-state index contributed by atoms with van der Waals surface area (Å²) in [6, 6.07) is 0.0503. The molecule has 0 spiro atoms. The minimum Gasteiger partial charge on any atom is -0.481 e. The maximum Gasteiger partial charge on any atom is 0.315 e. The fraction of sp³-hybridized carbons (Fsp3) is 0.867. The first-order valence-electron chi connectivity index (χ1n) is 7.80. The molecule has 2 rings (SSSR count). The van der Waals surface area contributed by atoms with E-state index in [0.717, 1.165) is 44.9 Å². The zero-order chi connectivity index (χ0) is 14.6. The molecule has 0 heterocycles. The highest BCUT2D eigenvalue weighted by molar-refractivity contribution is 5.77. The van der Waals surface area contributed by atoms with E-state index in [1.165, 1.54) is 6.42 Å². The van der Waals surface area contributed by atoms with Gasteiger partial charge in [-0.05, 0) is 31.6 Å². The number of hydrogen-bond donors (Lipinski definition) is 3. The fourth-order valence-electron chi connectivity index (χ4n) is 3.71. The van der Waals surface area contributed by atoms with Crippen molar-refractivity contribution in [3.8, 4) is 0 Å². The van der Waals surface area contributed by atoms with Gasteiger partial charge in [0.15, 0.2) is 0 Å². The summed E-state index contributed by atoms with van der Waals surface area (Å²) in [5.41, 5.74) is -0.532. The predicted octanol–water partition coefficient (Wildman–Crippen LogP) is 2.65. The van der Waals surface area contributed by atoms with Crippen molar-refractivity contribution in [2.45, 2.75) is 76.3 Å². The first kappa shape index (κ1) is 15.1. The average Bonchev–Trinajstić information content (AvgIpc) is 2.75. The molecule has 2 atom stereocenters. The summed E-state index contributed by atoms with van der Waals surface area (Å²) in [6.07, 6.45) is 8.02. The van der Waals surface area contributed by atoms with Crippen LogP contribution in [0.4, 0.5) is 4.79 Å². The Bertz CT molecular complexity index is 364. The van der Waals surface area contributed by atoms with Crippen LogP contribution in [0.15, 0.2) is 0 Å². The quantitative estimate of drug-likeness (QED) is 0.741. The van der Waals surface area contributed by atoms with Gasteiger partial charge in [0.05, 0.1) is 12.0 Å². The van der Waals surface area contributed by atoms with Crippen LogP contribution in [0.1, 0.15) is 64.7 Å². The largest absolute Gasteiger partial charge is 0.481 e. The standard InChI is InChI=1S/C15H26N2O3/c1-11-5-4-6-12(9-11)16-14(20)17-15(10-13(18)19)7-2-3-8-15/h11-12H,2-10H2,1H3,(H,18,19)(H2,16,17,20). The molecular formula is C15H26N2O3. The highest BCUT2D eigenvalue weighted by Crippen LogP contribution is 2.32.